The predicted molar refractivity (Wildman–Crippen MR) is 45.6 cm³/mol. The predicted octanol–water partition coefficient (Wildman–Crippen LogP) is 3.15. The summed E-state index contributed by atoms with van der Waals surface area (Å²) in [5, 5.41) is -6.88. The topological polar surface area (TPSA) is 40.6 Å². The highest BCUT2D eigenvalue weighted by atomic mass is 19.4. The smallest absolute Gasteiger partial charge is 0.265 e. The van der Waals surface area contributed by atoms with Gasteiger partial charge < -0.3 is 0 Å². The zero-order valence-corrected chi connectivity index (χ0v) is 11.0. The quantitative estimate of drug-likeness (QED) is 0.445. The van der Waals surface area contributed by atoms with E-state index in [2.05, 4.69) is 0 Å². The SMILES string of the molecule is O=C1N(C(F)(F)F)N(C(F)(F)F)C(=O)C(F)(F)C(F)(F)C(F)(F)C1(F)F. The summed E-state index contributed by atoms with van der Waals surface area (Å²) in [6, 6.07) is 0. The lowest BCUT2D eigenvalue weighted by Crippen LogP contribution is -2.78. The molecular weight excluding hydrogens is 422 g/mol. The van der Waals surface area contributed by atoms with Gasteiger partial charge >= 0.3 is 48.1 Å². The van der Waals surface area contributed by atoms with Gasteiger partial charge in [-0.25, -0.2) is 0 Å². The summed E-state index contributed by atoms with van der Waals surface area (Å²) in [7, 11) is 0. The normalized spacial score (nSPS) is 25.8. The molecule has 0 saturated carbocycles. The number of rotatable bonds is 0. The lowest BCUT2D eigenvalue weighted by molar-refractivity contribution is -0.409. The molecule has 26 heavy (non-hydrogen) atoms. The third kappa shape index (κ3) is 2.60. The minimum absolute atomic E-state index is 3.44. The first-order valence-electron chi connectivity index (χ1n) is 5.40. The molecule has 152 valence electrons. The van der Waals surface area contributed by atoms with E-state index in [-0.39, 0.29) is 0 Å². The second-order valence-corrected chi connectivity index (χ2v) is 4.47. The van der Waals surface area contributed by atoms with Crippen molar-refractivity contribution in [2.24, 2.45) is 0 Å². The molecule has 0 unspecified atom stereocenters. The Morgan fingerprint density at radius 2 is 0.731 bits per heavy atom. The van der Waals surface area contributed by atoms with Crippen LogP contribution in [0.25, 0.3) is 0 Å². The fourth-order valence-electron chi connectivity index (χ4n) is 1.57. The van der Waals surface area contributed by atoms with Crippen LogP contribution >= 0.6 is 0 Å². The van der Waals surface area contributed by atoms with Crippen molar-refractivity contribution in [1.29, 1.82) is 0 Å². The molecule has 1 rings (SSSR count). The molecule has 1 fully saturated rings. The van der Waals surface area contributed by atoms with Crippen LogP contribution < -0.4 is 0 Å². The van der Waals surface area contributed by atoms with Gasteiger partial charge in [0.05, 0.1) is 0 Å². The molecule has 0 bridgehead atoms. The van der Waals surface area contributed by atoms with Crippen LogP contribution in [0.1, 0.15) is 0 Å². The Morgan fingerprint density at radius 3 is 0.885 bits per heavy atom. The molecule has 0 aliphatic carbocycles. The molecule has 18 heteroatoms. The van der Waals surface area contributed by atoms with E-state index in [0.717, 1.165) is 0 Å². The number of hydrogen-bond donors (Lipinski definition) is 0. The third-order valence-corrected chi connectivity index (χ3v) is 2.79. The molecule has 0 atom stereocenters. The summed E-state index contributed by atoms with van der Waals surface area (Å²) in [4.78, 5) is 21.8. The first kappa shape index (κ1) is 22.0. The summed E-state index contributed by atoms with van der Waals surface area (Å²) in [5.74, 6) is -39.7. The molecule has 0 spiro atoms. The Labute approximate surface area is 130 Å². The largest absolute Gasteiger partial charge is 0.506 e. The molecule has 1 heterocycles. The van der Waals surface area contributed by atoms with Crippen LogP contribution in [0, 0.1) is 0 Å². The lowest BCUT2D eigenvalue weighted by atomic mass is 9.96. The van der Waals surface area contributed by atoms with E-state index in [4.69, 9.17) is 0 Å². The molecule has 4 nitrogen and oxygen atoms in total. The van der Waals surface area contributed by atoms with E-state index in [1.807, 2.05) is 0 Å². The van der Waals surface area contributed by atoms with Crippen LogP contribution in [0.3, 0.4) is 0 Å². The van der Waals surface area contributed by atoms with Gasteiger partial charge in [-0.2, -0.15) is 35.1 Å². The van der Waals surface area contributed by atoms with Gasteiger partial charge in [-0.05, 0) is 0 Å². The summed E-state index contributed by atoms with van der Waals surface area (Å²) in [5.41, 5.74) is 0. The number of carbonyl (C=O) groups excluding carboxylic acids is 2. The van der Waals surface area contributed by atoms with Gasteiger partial charge in [0.1, 0.15) is 0 Å². The standard InChI is InChI=1S/C8F14N2O2/c9-3(10)1(25)23(7(17,18)19)24(8(20,21)22)2(26)4(11,12)6(15,16)5(3,13)14. The Morgan fingerprint density at radius 1 is 0.538 bits per heavy atom. The molecule has 1 aliphatic rings. The van der Waals surface area contributed by atoms with Gasteiger partial charge in [-0.15, -0.1) is 36.4 Å². The van der Waals surface area contributed by atoms with E-state index in [1.165, 1.54) is 0 Å². The van der Waals surface area contributed by atoms with Crippen LogP contribution in [0.2, 0.25) is 0 Å². The van der Waals surface area contributed by atoms with Gasteiger partial charge in [-0.1, -0.05) is 0 Å². The van der Waals surface area contributed by atoms with Gasteiger partial charge in [0.25, 0.3) is 0 Å². The minimum atomic E-state index is -7.68. The Bertz CT molecular complexity index is 565. The minimum Gasteiger partial charge on any atom is -0.265 e. The highest BCUT2D eigenvalue weighted by Crippen LogP contribution is 2.56. The lowest BCUT2D eigenvalue weighted by Gasteiger charge is -2.45. The summed E-state index contributed by atoms with van der Waals surface area (Å²) >= 11 is 0. The number of alkyl halides is 14. The summed E-state index contributed by atoms with van der Waals surface area (Å²) < 4.78 is 180. The van der Waals surface area contributed by atoms with Crippen LogP contribution in [0.15, 0.2) is 0 Å². The molecular formula is C8F14N2O2. The molecule has 2 amide bonds. The van der Waals surface area contributed by atoms with Gasteiger partial charge in [0.2, 0.25) is 0 Å². The second-order valence-electron chi connectivity index (χ2n) is 4.47. The average molecular weight is 422 g/mol. The fourth-order valence-corrected chi connectivity index (χ4v) is 1.57. The molecule has 0 radical (unpaired) electrons. The zero-order valence-electron chi connectivity index (χ0n) is 11.0. The van der Waals surface area contributed by atoms with Gasteiger partial charge in [0, 0.05) is 0 Å². The first-order chi connectivity index (χ1) is 11.1. The van der Waals surface area contributed by atoms with Crippen molar-refractivity contribution in [2.45, 2.75) is 36.3 Å². The van der Waals surface area contributed by atoms with E-state index in [9.17, 15) is 71.1 Å². The number of amides is 2. The Balaban J connectivity index is 4.00. The van der Waals surface area contributed by atoms with Crippen LogP contribution in [0.5, 0.6) is 0 Å². The van der Waals surface area contributed by atoms with E-state index >= 15 is 0 Å². The molecule has 0 aromatic rings. The van der Waals surface area contributed by atoms with Gasteiger partial charge in [-0.3, -0.25) is 9.59 Å². The van der Waals surface area contributed by atoms with Crippen molar-refractivity contribution < 1.29 is 71.1 Å². The monoisotopic (exact) mass is 422 g/mol. The Hall–Kier alpha value is -2.04. The fraction of sp³-hybridized carbons (Fsp3) is 0.750. The maximum absolute atomic E-state index is 13.2. The third-order valence-electron chi connectivity index (χ3n) is 2.79. The van der Waals surface area contributed by atoms with Gasteiger partial charge in [0.15, 0.2) is 0 Å². The van der Waals surface area contributed by atoms with Crippen molar-refractivity contribution in [3.63, 3.8) is 0 Å². The maximum atomic E-state index is 13.2. The number of hydrogen-bond acceptors (Lipinski definition) is 2. The average Bonchev–Trinajstić information content (AvgIpc) is 2.38. The van der Waals surface area contributed by atoms with Crippen LogP contribution in [-0.4, -0.2) is 58.1 Å². The van der Waals surface area contributed by atoms with Crippen molar-refractivity contribution in [3.05, 3.63) is 0 Å². The molecule has 0 N–H and O–H groups in total. The van der Waals surface area contributed by atoms with Crippen molar-refractivity contribution in [1.82, 2.24) is 10.0 Å². The van der Waals surface area contributed by atoms with Crippen LogP contribution in [0.4, 0.5) is 61.5 Å². The van der Waals surface area contributed by atoms with Crippen molar-refractivity contribution in [2.75, 3.05) is 0 Å². The highest BCUT2D eigenvalue weighted by Gasteiger charge is 2.89. The molecule has 1 saturated heterocycles. The molecule has 0 aromatic heterocycles. The van der Waals surface area contributed by atoms with Crippen molar-refractivity contribution in [3.8, 4) is 0 Å². The number of nitrogens with zero attached hydrogens (tertiary/aromatic N) is 2. The number of hydrazine groups is 1. The zero-order chi connectivity index (χ0) is 21.3. The maximum Gasteiger partial charge on any atom is 0.506 e. The second kappa shape index (κ2) is 5.24. The molecule has 1 aliphatic heterocycles. The number of halogens is 14. The first-order valence-corrected chi connectivity index (χ1v) is 5.40. The summed E-state index contributed by atoms with van der Waals surface area (Å²) in [6.45, 7) is 0. The summed E-state index contributed by atoms with van der Waals surface area (Å²) in [6.07, 6.45) is -14.2. The van der Waals surface area contributed by atoms with E-state index in [0.29, 0.717) is 0 Å². The van der Waals surface area contributed by atoms with Crippen molar-refractivity contribution >= 4 is 11.8 Å². The van der Waals surface area contributed by atoms with Crippen LogP contribution in [-0.2, 0) is 9.59 Å². The number of carbonyl (C=O) groups is 2. The Kier molecular flexibility index (Phi) is 4.44. The highest BCUT2D eigenvalue weighted by molar-refractivity contribution is 5.92. The molecule has 0 aromatic carbocycles. The van der Waals surface area contributed by atoms with E-state index in [1.54, 1.807) is 0 Å². The van der Waals surface area contributed by atoms with E-state index < -0.39 is 58.1 Å².